The van der Waals surface area contributed by atoms with Gasteiger partial charge in [0.05, 0.1) is 5.39 Å². The van der Waals surface area contributed by atoms with E-state index in [2.05, 4.69) is 15.2 Å². The summed E-state index contributed by atoms with van der Waals surface area (Å²) in [5.41, 5.74) is 0.669. The third kappa shape index (κ3) is 3.69. The molecule has 1 aliphatic carbocycles. The van der Waals surface area contributed by atoms with Crippen LogP contribution in [0.5, 0.6) is 0 Å². The fourth-order valence-corrected chi connectivity index (χ4v) is 3.52. The number of nitrogens with zero attached hydrogens (tertiary/aromatic N) is 1. The molecule has 0 aliphatic heterocycles. The number of hydrogen-bond donors (Lipinski definition) is 2. The van der Waals surface area contributed by atoms with E-state index in [1.807, 2.05) is 24.3 Å². The van der Waals surface area contributed by atoms with Crippen LogP contribution in [0.1, 0.15) is 32.1 Å². The van der Waals surface area contributed by atoms with Gasteiger partial charge in [-0.1, -0.05) is 36.6 Å². The summed E-state index contributed by atoms with van der Waals surface area (Å²) < 4.78 is 7.97. The van der Waals surface area contributed by atoms with E-state index in [9.17, 15) is 4.79 Å². The van der Waals surface area contributed by atoms with Crippen LogP contribution in [0.2, 0.25) is 0 Å². The van der Waals surface area contributed by atoms with E-state index in [1.165, 1.54) is 44.1 Å². The first-order chi connectivity index (χ1) is 10.3. The molecule has 3 rings (SSSR count). The number of rotatable bonds is 4. The molecule has 6 heteroatoms. The van der Waals surface area contributed by atoms with Crippen LogP contribution in [-0.2, 0) is 0 Å². The minimum atomic E-state index is -0.255. The predicted molar refractivity (Wildman–Crippen MR) is 85.2 cm³/mol. The maximum atomic E-state index is 11.9. The molecule has 2 amide bonds. The fraction of sp³-hybridized carbons (Fsp3) is 0.467. The number of carbonyl (C=O) groups excluding carboxylic acids is 1. The second-order valence-corrected chi connectivity index (χ2v) is 6.22. The van der Waals surface area contributed by atoms with Gasteiger partial charge in [-0.05, 0) is 42.8 Å². The molecule has 112 valence electrons. The second kappa shape index (κ2) is 6.85. The second-order valence-electron chi connectivity index (χ2n) is 5.40. The van der Waals surface area contributed by atoms with Crippen LogP contribution < -0.4 is 10.0 Å². The third-order valence-corrected chi connectivity index (χ3v) is 4.79. The van der Waals surface area contributed by atoms with Crippen molar-refractivity contribution in [2.24, 2.45) is 5.92 Å². The molecule has 21 heavy (non-hydrogen) atoms. The van der Waals surface area contributed by atoms with E-state index in [0.29, 0.717) is 11.4 Å². The first-order valence-corrected chi connectivity index (χ1v) is 8.34. The van der Waals surface area contributed by atoms with Crippen LogP contribution in [0.4, 0.5) is 10.6 Å². The highest BCUT2D eigenvalue weighted by atomic mass is 32.2. The molecule has 1 saturated carbocycles. The number of hydrogen-bond acceptors (Lipinski definition) is 4. The van der Waals surface area contributed by atoms with Gasteiger partial charge < -0.3 is 4.52 Å². The Kier molecular flexibility index (Phi) is 4.65. The van der Waals surface area contributed by atoms with Crippen LogP contribution in [0.3, 0.4) is 0 Å². The number of para-hydroxylation sites is 1. The molecule has 0 bridgehead atoms. The van der Waals surface area contributed by atoms with Crippen LogP contribution in [0.15, 0.2) is 28.8 Å². The minimum Gasteiger partial charge on any atom is -0.354 e. The Labute approximate surface area is 128 Å². The van der Waals surface area contributed by atoms with Crippen molar-refractivity contribution in [3.63, 3.8) is 0 Å². The molecule has 1 heterocycles. The summed E-state index contributed by atoms with van der Waals surface area (Å²) in [5.74, 6) is 2.17. The summed E-state index contributed by atoms with van der Waals surface area (Å²) in [7, 11) is 0. The largest absolute Gasteiger partial charge is 0.354 e. The highest BCUT2D eigenvalue weighted by molar-refractivity contribution is 7.97. The monoisotopic (exact) mass is 305 g/mol. The SMILES string of the molecule is O=C(NSCC1CCCCC1)Nc1noc2ccccc12. The first kappa shape index (κ1) is 14.3. The van der Waals surface area contributed by atoms with E-state index in [-0.39, 0.29) is 6.03 Å². The average Bonchev–Trinajstić information content (AvgIpc) is 2.92. The normalized spacial score (nSPS) is 16.0. The number of urea groups is 1. The highest BCUT2D eigenvalue weighted by Crippen LogP contribution is 2.26. The van der Waals surface area contributed by atoms with Gasteiger partial charge in [0.25, 0.3) is 0 Å². The van der Waals surface area contributed by atoms with Gasteiger partial charge in [-0.3, -0.25) is 10.0 Å². The smallest absolute Gasteiger partial charge is 0.330 e. The van der Waals surface area contributed by atoms with Gasteiger partial charge in [0.2, 0.25) is 0 Å². The van der Waals surface area contributed by atoms with Gasteiger partial charge in [-0.15, -0.1) is 0 Å². The molecule has 1 aliphatic rings. The number of fused-ring (bicyclic) bond motifs is 1. The van der Waals surface area contributed by atoms with Crippen molar-refractivity contribution in [3.05, 3.63) is 24.3 Å². The topological polar surface area (TPSA) is 67.2 Å². The molecule has 0 unspecified atom stereocenters. The lowest BCUT2D eigenvalue weighted by molar-refractivity contribution is 0.257. The lowest BCUT2D eigenvalue weighted by Crippen LogP contribution is -2.24. The number of anilines is 1. The number of benzene rings is 1. The van der Waals surface area contributed by atoms with Crippen LogP contribution in [-0.4, -0.2) is 16.9 Å². The molecular formula is C15H19N3O2S. The quantitative estimate of drug-likeness (QED) is 0.832. The van der Waals surface area contributed by atoms with E-state index < -0.39 is 0 Å². The summed E-state index contributed by atoms with van der Waals surface area (Å²) in [6.45, 7) is 0. The van der Waals surface area contributed by atoms with Crippen LogP contribution >= 0.6 is 11.9 Å². The van der Waals surface area contributed by atoms with Gasteiger partial charge in [-0.2, -0.15) is 0 Å². The van der Waals surface area contributed by atoms with Crippen molar-refractivity contribution in [2.45, 2.75) is 32.1 Å². The maximum Gasteiger partial charge on any atom is 0.330 e. The van der Waals surface area contributed by atoms with Crippen LogP contribution in [0, 0.1) is 5.92 Å². The number of nitrogens with one attached hydrogen (secondary N) is 2. The molecule has 5 nitrogen and oxygen atoms in total. The standard InChI is InChI=1S/C15H19N3O2S/c19-15(18-21-10-11-6-2-1-3-7-11)16-14-12-8-4-5-9-13(12)20-17-14/h4-5,8-9,11H,1-3,6-7,10H2,(H2,16,17,18,19). The molecule has 2 aromatic rings. The molecule has 1 fully saturated rings. The third-order valence-electron chi connectivity index (χ3n) is 3.82. The minimum absolute atomic E-state index is 0.255. The lowest BCUT2D eigenvalue weighted by Gasteiger charge is -2.20. The Bertz CT molecular complexity index is 608. The number of amides is 2. The van der Waals surface area contributed by atoms with Crippen molar-refractivity contribution in [2.75, 3.05) is 11.1 Å². The molecule has 2 N–H and O–H groups in total. The lowest BCUT2D eigenvalue weighted by atomic mass is 9.91. The van der Waals surface area contributed by atoms with Crippen molar-refractivity contribution in [1.82, 2.24) is 9.88 Å². The Morgan fingerprint density at radius 1 is 1.29 bits per heavy atom. The molecule has 0 spiro atoms. The van der Waals surface area contributed by atoms with Crippen LogP contribution in [0.25, 0.3) is 11.0 Å². The fourth-order valence-electron chi connectivity index (χ4n) is 2.69. The van der Waals surface area contributed by atoms with Gasteiger partial charge in [0, 0.05) is 5.75 Å². The van der Waals surface area contributed by atoms with Gasteiger partial charge in [0.1, 0.15) is 0 Å². The van der Waals surface area contributed by atoms with E-state index in [0.717, 1.165) is 17.1 Å². The zero-order chi connectivity index (χ0) is 14.5. The van der Waals surface area contributed by atoms with Crippen molar-refractivity contribution >= 4 is 34.8 Å². The summed E-state index contributed by atoms with van der Waals surface area (Å²) in [5, 5.41) is 7.41. The van der Waals surface area contributed by atoms with Crippen molar-refractivity contribution in [3.8, 4) is 0 Å². The predicted octanol–water partition coefficient (Wildman–Crippen LogP) is 4.18. The Hall–Kier alpha value is -1.69. The van der Waals surface area contributed by atoms with E-state index in [4.69, 9.17) is 4.52 Å². The summed E-state index contributed by atoms with van der Waals surface area (Å²) in [6.07, 6.45) is 6.56. The van der Waals surface area contributed by atoms with Gasteiger partial charge >= 0.3 is 6.03 Å². The van der Waals surface area contributed by atoms with Gasteiger partial charge in [-0.25, -0.2) is 4.79 Å². The van der Waals surface area contributed by atoms with E-state index >= 15 is 0 Å². The van der Waals surface area contributed by atoms with Crippen molar-refractivity contribution in [1.29, 1.82) is 0 Å². The molecule has 0 radical (unpaired) electrons. The maximum absolute atomic E-state index is 11.9. The zero-order valence-electron chi connectivity index (χ0n) is 11.8. The molecular weight excluding hydrogens is 286 g/mol. The molecule has 1 aromatic heterocycles. The average molecular weight is 305 g/mol. The van der Waals surface area contributed by atoms with Gasteiger partial charge in [0.15, 0.2) is 11.4 Å². The molecule has 0 atom stereocenters. The van der Waals surface area contributed by atoms with Crippen molar-refractivity contribution < 1.29 is 9.32 Å². The molecule has 0 saturated heterocycles. The summed E-state index contributed by atoms with van der Waals surface area (Å²) >= 11 is 1.47. The van der Waals surface area contributed by atoms with E-state index in [1.54, 1.807) is 0 Å². The Morgan fingerprint density at radius 2 is 2.10 bits per heavy atom. The molecule has 1 aromatic carbocycles. The Morgan fingerprint density at radius 3 is 2.95 bits per heavy atom. The zero-order valence-corrected chi connectivity index (χ0v) is 12.6. The Balaban J connectivity index is 1.47. The number of aromatic nitrogens is 1. The summed E-state index contributed by atoms with van der Waals surface area (Å²) in [6, 6.07) is 7.20. The summed E-state index contributed by atoms with van der Waals surface area (Å²) in [4.78, 5) is 11.9. The first-order valence-electron chi connectivity index (χ1n) is 7.36. The number of carbonyl (C=O) groups is 1. The highest BCUT2D eigenvalue weighted by Gasteiger charge is 2.15.